The molecule has 36 heavy (non-hydrogen) atoms. The molecule has 192 valence electrons. The number of hydrogen-bond acceptors (Lipinski definition) is 6. The van der Waals surface area contributed by atoms with Gasteiger partial charge in [0.15, 0.2) is 0 Å². The summed E-state index contributed by atoms with van der Waals surface area (Å²) in [5, 5.41) is 5.21. The molecule has 1 aromatic carbocycles. The van der Waals surface area contributed by atoms with Gasteiger partial charge < -0.3 is 14.8 Å². The van der Waals surface area contributed by atoms with E-state index in [1.54, 1.807) is 24.5 Å². The van der Waals surface area contributed by atoms with Crippen LogP contribution in [0.25, 0.3) is 6.08 Å². The highest BCUT2D eigenvalue weighted by Crippen LogP contribution is 2.54. The summed E-state index contributed by atoms with van der Waals surface area (Å²) in [6.45, 7) is 7.60. The monoisotopic (exact) mass is 572 g/mol. The van der Waals surface area contributed by atoms with E-state index < -0.39 is 11.0 Å². The van der Waals surface area contributed by atoms with Crippen LogP contribution < -0.4 is 10.1 Å². The number of esters is 1. The molecule has 1 aliphatic carbocycles. The molecule has 1 N–H and O–H groups in total. The Balaban J connectivity index is 1.65. The normalized spacial score (nSPS) is 26.2. The van der Waals surface area contributed by atoms with E-state index in [0.717, 1.165) is 46.6 Å². The van der Waals surface area contributed by atoms with Crippen molar-refractivity contribution in [1.82, 2.24) is 10.2 Å². The fourth-order valence-electron chi connectivity index (χ4n) is 5.89. The highest BCUT2D eigenvalue weighted by Gasteiger charge is 2.60. The molecule has 2 fully saturated rings. The quantitative estimate of drug-likeness (QED) is 0.263. The van der Waals surface area contributed by atoms with Crippen LogP contribution in [0.4, 0.5) is 0 Å². The molecule has 1 aliphatic heterocycles. The molecule has 6 nitrogen and oxygen atoms in total. The van der Waals surface area contributed by atoms with Crippen molar-refractivity contribution in [1.29, 1.82) is 0 Å². The van der Waals surface area contributed by atoms with Crippen LogP contribution in [0.3, 0.4) is 0 Å². The molecular weight excluding hydrogens is 540 g/mol. The number of nitrogens with zero attached hydrogens (tertiary/aromatic N) is 1. The fourth-order valence-corrected chi connectivity index (χ4v) is 7.23. The first-order chi connectivity index (χ1) is 17.3. The van der Waals surface area contributed by atoms with Gasteiger partial charge in [-0.3, -0.25) is 14.5 Å². The number of carbonyl (C=O) groups is 2. The minimum atomic E-state index is -0.702. The number of carbonyl (C=O) groups excluding carboxylic acids is 2. The van der Waals surface area contributed by atoms with Crippen molar-refractivity contribution in [3.63, 3.8) is 0 Å². The lowest BCUT2D eigenvalue weighted by atomic mass is 9.55. The van der Waals surface area contributed by atoms with Crippen molar-refractivity contribution in [2.24, 2.45) is 0 Å². The number of likely N-dealkylation sites (tertiary alicyclic amines) is 1. The number of hydrogen-bond donors (Lipinski definition) is 1. The average molecular weight is 574 g/mol. The third-order valence-corrected chi connectivity index (χ3v) is 9.04. The van der Waals surface area contributed by atoms with E-state index >= 15 is 0 Å². The predicted octanol–water partition coefficient (Wildman–Crippen LogP) is 5.33. The molecule has 1 amide bonds. The molecule has 1 saturated carbocycles. The molecule has 2 heterocycles. The van der Waals surface area contributed by atoms with Gasteiger partial charge in [0.1, 0.15) is 11.4 Å². The molecule has 0 spiro atoms. The van der Waals surface area contributed by atoms with Crippen LogP contribution in [0.1, 0.15) is 43.0 Å². The van der Waals surface area contributed by atoms with E-state index in [2.05, 4.69) is 44.9 Å². The van der Waals surface area contributed by atoms with Gasteiger partial charge in [-0.15, -0.1) is 17.9 Å². The first-order valence-corrected chi connectivity index (χ1v) is 13.9. The molecule has 2 aromatic rings. The molecule has 0 bridgehead atoms. The van der Waals surface area contributed by atoms with E-state index in [4.69, 9.17) is 9.47 Å². The zero-order valence-electron chi connectivity index (χ0n) is 20.8. The lowest BCUT2D eigenvalue weighted by molar-refractivity contribution is -0.186. The van der Waals surface area contributed by atoms with Gasteiger partial charge >= 0.3 is 5.97 Å². The molecule has 1 aromatic heterocycles. The molecule has 4 rings (SSSR count). The third-order valence-electron chi connectivity index (χ3n) is 7.38. The van der Waals surface area contributed by atoms with Crippen LogP contribution in [0.5, 0.6) is 5.75 Å². The SMILES string of the molecule is C=CCN1CC[C@@]2(c3cccc(OC)c3)C[C@H](NC(=O)C=Cc3cc(Br)cs3)CC[C@]2(OC(C)=O)C1. The largest absolute Gasteiger partial charge is 0.497 e. The summed E-state index contributed by atoms with van der Waals surface area (Å²) in [6, 6.07) is 10.0. The Bertz CT molecular complexity index is 1150. The van der Waals surface area contributed by atoms with Crippen LogP contribution >= 0.6 is 27.3 Å². The van der Waals surface area contributed by atoms with Crippen LogP contribution in [0.2, 0.25) is 0 Å². The van der Waals surface area contributed by atoms with E-state index in [9.17, 15) is 9.59 Å². The number of amides is 1. The lowest BCUT2D eigenvalue weighted by Crippen LogP contribution is -2.68. The van der Waals surface area contributed by atoms with Gasteiger partial charge in [0.05, 0.1) is 7.11 Å². The molecular formula is C28H33BrN2O4S. The number of benzene rings is 1. The molecule has 2 aliphatic rings. The Kier molecular flexibility index (Phi) is 8.37. The summed E-state index contributed by atoms with van der Waals surface area (Å²) in [4.78, 5) is 28.6. The Labute approximate surface area is 225 Å². The van der Waals surface area contributed by atoms with Gasteiger partial charge in [0.2, 0.25) is 5.91 Å². The maximum Gasteiger partial charge on any atom is 0.303 e. The summed E-state index contributed by atoms with van der Waals surface area (Å²) in [5.41, 5.74) is -0.0739. The average Bonchev–Trinajstić information content (AvgIpc) is 3.28. The van der Waals surface area contributed by atoms with Crippen LogP contribution in [-0.4, -0.2) is 55.2 Å². The Hall–Kier alpha value is -2.42. The summed E-state index contributed by atoms with van der Waals surface area (Å²) >= 11 is 5.02. The summed E-state index contributed by atoms with van der Waals surface area (Å²) < 4.78 is 12.8. The minimum absolute atomic E-state index is 0.0435. The second-order valence-corrected chi connectivity index (χ2v) is 11.5. The number of methoxy groups -OCH3 is 1. The van der Waals surface area contributed by atoms with E-state index in [0.29, 0.717) is 19.4 Å². The predicted molar refractivity (Wildman–Crippen MR) is 147 cm³/mol. The van der Waals surface area contributed by atoms with Crippen molar-refractivity contribution in [2.75, 3.05) is 26.7 Å². The van der Waals surface area contributed by atoms with E-state index in [1.165, 1.54) is 6.92 Å². The number of rotatable bonds is 8. The maximum absolute atomic E-state index is 12.9. The van der Waals surface area contributed by atoms with Crippen molar-refractivity contribution in [3.05, 3.63) is 69.4 Å². The summed E-state index contributed by atoms with van der Waals surface area (Å²) in [6.07, 6.45) is 8.19. The summed E-state index contributed by atoms with van der Waals surface area (Å²) in [7, 11) is 1.66. The summed E-state index contributed by atoms with van der Waals surface area (Å²) in [5.74, 6) is 0.368. The highest BCUT2D eigenvalue weighted by atomic mass is 79.9. The first-order valence-electron chi connectivity index (χ1n) is 12.2. The van der Waals surface area contributed by atoms with Crippen molar-refractivity contribution >= 4 is 45.2 Å². The zero-order chi connectivity index (χ0) is 25.8. The van der Waals surface area contributed by atoms with Crippen LogP contribution in [0.15, 0.2) is 58.9 Å². The topological polar surface area (TPSA) is 67.9 Å². The Morgan fingerprint density at radius 1 is 1.33 bits per heavy atom. The number of piperidine rings is 1. The number of halogens is 1. The van der Waals surface area contributed by atoms with Gasteiger partial charge in [-0.25, -0.2) is 0 Å². The number of fused-ring (bicyclic) bond motifs is 1. The second kappa shape index (κ2) is 11.3. The lowest BCUT2D eigenvalue weighted by Gasteiger charge is -2.59. The molecule has 0 radical (unpaired) electrons. The standard InChI is InChI=1S/C28H33BrN2O4S/c1-4-13-31-14-12-27(21-6-5-7-24(15-21)34-3)17-23(10-11-28(27,19-31)35-20(2)32)30-26(33)9-8-25-16-22(29)18-36-25/h4-9,15-16,18,23H,1,10-14,17,19H2,2-3H3,(H,30,33)/t23-,27+,28+/m1/s1. The van der Waals surface area contributed by atoms with Crippen LogP contribution in [-0.2, 0) is 19.7 Å². The molecule has 1 saturated heterocycles. The van der Waals surface area contributed by atoms with E-state index in [1.807, 2.05) is 35.7 Å². The fraction of sp³-hybridized carbons (Fsp3) is 0.429. The second-order valence-electron chi connectivity index (χ2n) is 9.62. The molecule has 8 heteroatoms. The van der Waals surface area contributed by atoms with Crippen molar-refractivity contribution < 1.29 is 19.1 Å². The van der Waals surface area contributed by atoms with Crippen molar-refractivity contribution in [2.45, 2.75) is 49.7 Å². The third kappa shape index (κ3) is 5.61. The molecule has 3 atom stereocenters. The molecule has 0 unspecified atom stereocenters. The van der Waals surface area contributed by atoms with Gasteiger partial charge in [-0.2, -0.15) is 0 Å². The first kappa shape index (κ1) is 26.6. The van der Waals surface area contributed by atoms with Gasteiger partial charge in [-0.05, 0) is 78.0 Å². The van der Waals surface area contributed by atoms with E-state index in [-0.39, 0.29) is 17.9 Å². The number of ether oxygens (including phenoxy) is 2. The van der Waals surface area contributed by atoms with Gasteiger partial charge in [0, 0.05) is 52.3 Å². The van der Waals surface area contributed by atoms with Crippen molar-refractivity contribution in [3.8, 4) is 5.75 Å². The zero-order valence-corrected chi connectivity index (χ0v) is 23.2. The van der Waals surface area contributed by atoms with Gasteiger partial charge in [0.25, 0.3) is 0 Å². The Morgan fingerprint density at radius 3 is 2.86 bits per heavy atom. The smallest absolute Gasteiger partial charge is 0.303 e. The number of nitrogens with one attached hydrogen (secondary N) is 1. The number of thiophene rings is 1. The van der Waals surface area contributed by atoms with Gasteiger partial charge in [-0.1, -0.05) is 18.2 Å². The Morgan fingerprint density at radius 2 is 2.17 bits per heavy atom. The maximum atomic E-state index is 12.9. The highest BCUT2D eigenvalue weighted by molar-refractivity contribution is 9.10. The van der Waals surface area contributed by atoms with Crippen LogP contribution in [0, 0.1) is 0 Å². The minimum Gasteiger partial charge on any atom is -0.497 e.